The molecule has 0 saturated heterocycles. The minimum absolute atomic E-state index is 0.237. The number of halogens is 1. The average molecular weight is 362 g/mol. The largest absolute Gasteiger partial charge is 0.491 e. The Hall–Kier alpha value is -3.36. The fraction of sp³-hybridized carbons (Fsp3) is 0.136. The smallest absolute Gasteiger partial charge is 0.139 e. The molecular weight excluding hydrogens is 343 g/mol. The first-order chi connectivity index (χ1) is 13.2. The van der Waals surface area contributed by atoms with Crippen molar-refractivity contribution in [3.8, 4) is 17.6 Å². The Morgan fingerprint density at radius 1 is 0.963 bits per heavy atom. The van der Waals surface area contributed by atoms with Crippen LogP contribution < -0.4 is 10.5 Å². The Morgan fingerprint density at radius 3 is 2.59 bits per heavy atom. The van der Waals surface area contributed by atoms with Crippen LogP contribution >= 0.6 is 0 Å². The number of pyridine rings is 1. The molecule has 0 atom stereocenters. The van der Waals surface area contributed by atoms with E-state index in [4.69, 9.17) is 15.2 Å². The van der Waals surface area contributed by atoms with Crippen LogP contribution in [0.4, 0.5) is 10.1 Å². The van der Waals surface area contributed by atoms with Crippen molar-refractivity contribution in [2.24, 2.45) is 0 Å². The van der Waals surface area contributed by atoms with Gasteiger partial charge in [0.2, 0.25) is 0 Å². The van der Waals surface area contributed by atoms with Crippen LogP contribution in [0, 0.1) is 17.7 Å². The molecule has 0 bridgehead atoms. The predicted molar refractivity (Wildman–Crippen MR) is 103 cm³/mol. The third-order valence-electron chi connectivity index (χ3n) is 3.73. The number of anilines is 1. The molecule has 0 spiro atoms. The lowest BCUT2D eigenvalue weighted by Gasteiger charge is -2.08. The Bertz CT molecular complexity index is 949. The molecule has 3 rings (SSSR count). The second kappa shape index (κ2) is 9.37. The van der Waals surface area contributed by atoms with Crippen molar-refractivity contribution in [2.45, 2.75) is 6.61 Å². The van der Waals surface area contributed by atoms with Gasteiger partial charge < -0.3 is 15.2 Å². The quantitative estimate of drug-likeness (QED) is 0.535. The van der Waals surface area contributed by atoms with Crippen LogP contribution in [0.25, 0.3) is 0 Å². The summed E-state index contributed by atoms with van der Waals surface area (Å²) in [5.74, 6) is 5.72. The Kier molecular flexibility index (Phi) is 6.40. The summed E-state index contributed by atoms with van der Waals surface area (Å²) in [6.45, 7) is 1.32. The summed E-state index contributed by atoms with van der Waals surface area (Å²) in [7, 11) is 0. The van der Waals surface area contributed by atoms with Gasteiger partial charge in [-0.1, -0.05) is 42.2 Å². The lowest BCUT2D eigenvalue weighted by atomic mass is 10.1. The van der Waals surface area contributed by atoms with Crippen molar-refractivity contribution in [2.75, 3.05) is 18.9 Å². The number of nitrogen functional groups attached to an aromatic ring is 1. The predicted octanol–water partition coefficient (Wildman–Crippen LogP) is 3.80. The van der Waals surface area contributed by atoms with Crippen molar-refractivity contribution in [1.82, 2.24) is 4.98 Å². The SMILES string of the molecule is Nc1ccncc1C#Cc1cc(OCCOCc2ccccc2)ccc1F. The van der Waals surface area contributed by atoms with Crippen LogP contribution in [0.1, 0.15) is 16.7 Å². The van der Waals surface area contributed by atoms with E-state index in [-0.39, 0.29) is 5.56 Å². The molecule has 2 N–H and O–H groups in total. The second-order valence-electron chi connectivity index (χ2n) is 5.74. The maximum absolute atomic E-state index is 14.0. The maximum Gasteiger partial charge on any atom is 0.139 e. The zero-order valence-corrected chi connectivity index (χ0v) is 14.7. The normalized spacial score (nSPS) is 10.1. The monoisotopic (exact) mass is 362 g/mol. The van der Waals surface area contributed by atoms with Crippen molar-refractivity contribution >= 4 is 5.69 Å². The van der Waals surface area contributed by atoms with Crippen LogP contribution in [-0.2, 0) is 11.3 Å². The first-order valence-corrected chi connectivity index (χ1v) is 8.48. The van der Waals surface area contributed by atoms with Gasteiger partial charge in [-0.25, -0.2) is 4.39 Å². The van der Waals surface area contributed by atoms with E-state index in [2.05, 4.69) is 16.8 Å². The zero-order valence-electron chi connectivity index (χ0n) is 14.7. The van der Waals surface area contributed by atoms with Gasteiger partial charge in [0.15, 0.2) is 0 Å². The average Bonchev–Trinajstić information content (AvgIpc) is 2.70. The number of hydrogen-bond acceptors (Lipinski definition) is 4. The summed E-state index contributed by atoms with van der Waals surface area (Å²) in [4.78, 5) is 3.96. The summed E-state index contributed by atoms with van der Waals surface area (Å²) in [6, 6.07) is 16.0. The van der Waals surface area contributed by atoms with Gasteiger partial charge in [0, 0.05) is 12.4 Å². The van der Waals surface area contributed by atoms with E-state index >= 15 is 0 Å². The first kappa shape index (κ1) is 18.4. The maximum atomic E-state index is 14.0. The van der Waals surface area contributed by atoms with Crippen LogP contribution in [0.3, 0.4) is 0 Å². The van der Waals surface area contributed by atoms with Crippen LogP contribution in [0.15, 0.2) is 67.0 Å². The number of aromatic nitrogens is 1. The number of hydrogen-bond donors (Lipinski definition) is 1. The van der Waals surface area contributed by atoms with Crippen LogP contribution in [0.5, 0.6) is 5.75 Å². The summed E-state index contributed by atoms with van der Waals surface area (Å²) in [5, 5.41) is 0. The molecule has 5 heteroatoms. The highest BCUT2D eigenvalue weighted by Gasteiger charge is 2.03. The lowest BCUT2D eigenvalue weighted by Crippen LogP contribution is -2.07. The van der Waals surface area contributed by atoms with Crippen molar-refractivity contribution in [3.05, 3.63) is 89.5 Å². The highest BCUT2D eigenvalue weighted by atomic mass is 19.1. The molecule has 0 radical (unpaired) electrons. The van der Waals surface area contributed by atoms with Crippen molar-refractivity contribution < 1.29 is 13.9 Å². The van der Waals surface area contributed by atoms with Gasteiger partial charge in [-0.15, -0.1) is 0 Å². The van der Waals surface area contributed by atoms with Crippen molar-refractivity contribution in [3.63, 3.8) is 0 Å². The van der Waals surface area contributed by atoms with E-state index in [0.29, 0.717) is 36.8 Å². The standard InChI is InChI=1S/C22H19FN2O2/c23-21-9-8-20(27-13-12-26-16-17-4-2-1-3-5-17)14-18(21)6-7-19-15-25-11-10-22(19)24/h1-5,8-11,14-15H,12-13,16H2,(H2,24,25). The summed E-state index contributed by atoms with van der Waals surface area (Å²) >= 11 is 0. The molecule has 4 nitrogen and oxygen atoms in total. The van der Waals surface area contributed by atoms with Gasteiger partial charge in [0.1, 0.15) is 18.2 Å². The van der Waals surface area contributed by atoms with Gasteiger partial charge in [-0.3, -0.25) is 4.98 Å². The molecule has 27 heavy (non-hydrogen) atoms. The van der Waals surface area contributed by atoms with Gasteiger partial charge in [-0.05, 0) is 29.8 Å². The van der Waals surface area contributed by atoms with E-state index in [1.807, 2.05) is 30.3 Å². The minimum atomic E-state index is -0.419. The van der Waals surface area contributed by atoms with E-state index in [9.17, 15) is 4.39 Å². The first-order valence-electron chi connectivity index (χ1n) is 8.48. The Balaban J connectivity index is 1.55. The van der Waals surface area contributed by atoms with Crippen LogP contribution in [-0.4, -0.2) is 18.2 Å². The summed E-state index contributed by atoms with van der Waals surface area (Å²) < 4.78 is 25.2. The van der Waals surface area contributed by atoms with E-state index < -0.39 is 5.82 Å². The highest BCUT2D eigenvalue weighted by molar-refractivity contribution is 5.56. The Labute approximate surface area is 157 Å². The van der Waals surface area contributed by atoms with E-state index in [1.54, 1.807) is 30.6 Å². The minimum Gasteiger partial charge on any atom is -0.491 e. The molecule has 0 fully saturated rings. The van der Waals surface area contributed by atoms with E-state index in [1.165, 1.54) is 6.07 Å². The molecule has 0 aliphatic heterocycles. The molecule has 0 aliphatic carbocycles. The third-order valence-corrected chi connectivity index (χ3v) is 3.73. The lowest BCUT2D eigenvalue weighted by molar-refractivity contribution is 0.0889. The number of ether oxygens (including phenoxy) is 2. The van der Waals surface area contributed by atoms with E-state index in [0.717, 1.165) is 5.56 Å². The molecule has 0 aliphatic rings. The number of nitrogens with two attached hydrogens (primary N) is 1. The molecular formula is C22H19FN2O2. The number of rotatable bonds is 6. The fourth-order valence-electron chi connectivity index (χ4n) is 2.32. The molecule has 136 valence electrons. The van der Waals surface area contributed by atoms with Gasteiger partial charge in [0.25, 0.3) is 0 Å². The Morgan fingerprint density at radius 2 is 1.78 bits per heavy atom. The second-order valence-corrected chi connectivity index (χ2v) is 5.74. The molecule has 0 saturated carbocycles. The van der Waals surface area contributed by atoms with Gasteiger partial charge in [0.05, 0.1) is 30.0 Å². The van der Waals surface area contributed by atoms with Gasteiger partial charge >= 0.3 is 0 Å². The summed E-state index contributed by atoms with van der Waals surface area (Å²) in [6.07, 6.45) is 3.13. The number of benzene rings is 2. The molecule has 2 aromatic carbocycles. The highest BCUT2D eigenvalue weighted by Crippen LogP contribution is 2.17. The summed E-state index contributed by atoms with van der Waals surface area (Å²) in [5.41, 5.74) is 8.21. The molecule has 0 unspecified atom stereocenters. The molecule has 1 aromatic heterocycles. The van der Waals surface area contributed by atoms with Crippen molar-refractivity contribution in [1.29, 1.82) is 0 Å². The molecule has 3 aromatic rings. The molecule has 1 heterocycles. The third kappa shape index (κ3) is 5.56. The van der Waals surface area contributed by atoms with Gasteiger partial charge in [-0.2, -0.15) is 0 Å². The topological polar surface area (TPSA) is 57.4 Å². The van der Waals surface area contributed by atoms with Crippen LogP contribution in [0.2, 0.25) is 0 Å². The number of nitrogens with zero attached hydrogens (tertiary/aromatic N) is 1. The molecule has 0 amide bonds. The fourth-order valence-corrected chi connectivity index (χ4v) is 2.32. The zero-order chi connectivity index (χ0) is 18.9.